The van der Waals surface area contributed by atoms with Crippen LogP contribution in [0.1, 0.15) is 63.6 Å². The molecule has 3 aliphatic rings. The molecule has 1 saturated heterocycles. The van der Waals surface area contributed by atoms with Crippen molar-refractivity contribution < 1.29 is 4.79 Å². The first-order chi connectivity index (χ1) is 14.8. The highest BCUT2D eigenvalue weighted by molar-refractivity contribution is 5.85. The number of aromatic nitrogens is 4. The van der Waals surface area contributed by atoms with Crippen LogP contribution in [0.15, 0.2) is 24.5 Å². The van der Waals surface area contributed by atoms with Gasteiger partial charge < -0.3 is 15.2 Å². The summed E-state index contributed by atoms with van der Waals surface area (Å²) >= 11 is 0. The average Bonchev–Trinajstić information content (AvgIpc) is 3.30. The molecule has 0 bridgehead atoms. The summed E-state index contributed by atoms with van der Waals surface area (Å²) in [6.07, 6.45) is 8.99. The smallest absolute Gasteiger partial charge is 0.317 e. The quantitative estimate of drug-likeness (QED) is 0.656. The van der Waals surface area contributed by atoms with E-state index in [4.69, 9.17) is 5.10 Å². The molecular formula is C24H30N6O. The lowest BCUT2D eigenvalue weighted by Crippen LogP contribution is -2.64. The van der Waals surface area contributed by atoms with E-state index in [-0.39, 0.29) is 17.0 Å². The Morgan fingerprint density at radius 1 is 1.26 bits per heavy atom. The van der Waals surface area contributed by atoms with E-state index in [0.717, 1.165) is 43.0 Å². The minimum Gasteiger partial charge on any atom is -0.346 e. The maximum absolute atomic E-state index is 12.5. The van der Waals surface area contributed by atoms with Crippen molar-refractivity contribution in [3.8, 4) is 11.3 Å². The third-order valence-corrected chi connectivity index (χ3v) is 7.29. The van der Waals surface area contributed by atoms with Gasteiger partial charge in [0, 0.05) is 59.6 Å². The van der Waals surface area contributed by atoms with Gasteiger partial charge in [-0.25, -0.2) is 9.78 Å². The number of nitrogens with zero attached hydrogens (tertiary/aromatic N) is 4. The van der Waals surface area contributed by atoms with Gasteiger partial charge in [0.1, 0.15) is 5.65 Å². The molecule has 2 fully saturated rings. The third-order valence-electron chi connectivity index (χ3n) is 7.29. The Labute approximate surface area is 182 Å². The molecule has 162 valence electrons. The largest absolute Gasteiger partial charge is 0.346 e. The molecule has 3 aromatic heterocycles. The number of likely N-dealkylation sites (tertiary alicyclic amines) is 1. The number of carbonyl (C=O) groups is 1. The van der Waals surface area contributed by atoms with Crippen molar-refractivity contribution >= 4 is 17.1 Å². The normalized spacial score (nSPS) is 20.0. The zero-order valence-corrected chi connectivity index (χ0v) is 18.5. The second kappa shape index (κ2) is 6.34. The molecule has 0 unspecified atom stereocenters. The zero-order valence-electron chi connectivity index (χ0n) is 18.5. The standard InChI is InChI=1S/C24H30N6O/c1-23(2,3)27-22(31)29-13-24(14-29)7-8-30-20(24)10-19(28-30)16-9-17-18(15-5-4-6-15)12-26-21(17)25-11-16/h9-12,15H,4-8,13-14H2,1-3H3,(H,25,26)(H,27,31). The highest BCUT2D eigenvalue weighted by Gasteiger charge is 2.51. The van der Waals surface area contributed by atoms with Gasteiger partial charge in [0.2, 0.25) is 0 Å². The molecule has 2 N–H and O–H groups in total. The maximum atomic E-state index is 12.5. The van der Waals surface area contributed by atoms with Crippen LogP contribution >= 0.6 is 0 Å². The summed E-state index contributed by atoms with van der Waals surface area (Å²) in [4.78, 5) is 22.5. The predicted molar refractivity (Wildman–Crippen MR) is 120 cm³/mol. The molecule has 3 aromatic rings. The second-order valence-corrected chi connectivity index (χ2v) is 10.7. The SMILES string of the molecule is CC(C)(C)NC(=O)N1CC2(CCn3nc(-c4cnc5[nH]cc(C6CCC6)c5c4)cc32)C1. The first-order valence-electron chi connectivity index (χ1n) is 11.4. The molecule has 0 radical (unpaired) electrons. The topological polar surface area (TPSA) is 78.8 Å². The predicted octanol–water partition coefficient (Wildman–Crippen LogP) is 4.16. The van der Waals surface area contributed by atoms with E-state index in [1.165, 1.54) is 35.9 Å². The Morgan fingerprint density at radius 3 is 2.77 bits per heavy atom. The van der Waals surface area contributed by atoms with Crippen LogP contribution in [0.2, 0.25) is 0 Å². The summed E-state index contributed by atoms with van der Waals surface area (Å²) in [5.74, 6) is 0.668. The molecule has 6 rings (SSSR count). The molecule has 0 atom stereocenters. The lowest BCUT2D eigenvalue weighted by atomic mass is 9.76. The van der Waals surface area contributed by atoms with Gasteiger partial charge in [-0.05, 0) is 63.6 Å². The Morgan fingerprint density at radius 2 is 2.06 bits per heavy atom. The van der Waals surface area contributed by atoms with E-state index < -0.39 is 0 Å². The van der Waals surface area contributed by atoms with Gasteiger partial charge in [-0.1, -0.05) is 6.42 Å². The van der Waals surface area contributed by atoms with E-state index in [1.54, 1.807) is 0 Å². The van der Waals surface area contributed by atoms with Gasteiger partial charge in [-0.3, -0.25) is 4.68 Å². The zero-order chi connectivity index (χ0) is 21.4. The lowest BCUT2D eigenvalue weighted by molar-refractivity contribution is 0.0880. The van der Waals surface area contributed by atoms with E-state index in [0.29, 0.717) is 5.92 Å². The van der Waals surface area contributed by atoms with E-state index in [9.17, 15) is 4.79 Å². The van der Waals surface area contributed by atoms with E-state index in [1.807, 2.05) is 31.9 Å². The van der Waals surface area contributed by atoms with Crippen LogP contribution in [0.25, 0.3) is 22.3 Å². The summed E-state index contributed by atoms with van der Waals surface area (Å²) in [7, 11) is 0. The first kappa shape index (κ1) is 18.9. The molecule has 5 heterocycles. The van der Waals surface area contributed by atoms with E-state index in [2.05, 4.69) is 38.3 Å². The van der Waals surface area contributed by atoms with Crippen molar-refractivity contribution in [2.75, 3.05) is 13.1 Å². The molecule has 7 heteroatoms. The number of urea groups is 1. The molecule has 1 saturated carbocycles. The van der Waals surface area contributed by atoms with Gasteiger partial charge in [0.05, 0.1) is 5.69 Å². The Balaban J connectivity index is 1.26. The monoisotopic (exact) mass is 418 g/mol. The summed E-state index contributed by atoms with van der Waals surface area (Å²) in [6.45, 7) is 8.49. The fourth-order valence-corrected chi connectivity index (χ4v) is 5.37. The molecule has 0 aromatic carbocycles. The number of amides is 2. The molecular weight excluding hydrogens is 388 g/mol. The van der Waals surface area contributed by atoms with Crippen LogP contribution in [0, 0.1) is 0 Å². The van der Waals surface area contributed by atoms with Gasteiger partial charge in [0.25, 0.3) is 0 Å². The fourth-order valence-electron chi connectivity index (χ4n) is 5.37. The minimum absolute atomic E-state index is 0.0296. The van der Waals surface area contributed by atoms with Gasteiger partial charge in [-0.2, -0.15) is 5.10 Å². The molecule has 31 heavy (non-hydrogen) atoms. The molecule has 2 amide bonds. The molecule has 7 nitrogen and oxygen atoms in total. The van der Waals surface area contributed by atoms with Gasteiger partial charge in [-0.15, -0.1) is 0 Å². The van der Waals surface area contributed by atoms with Crippen LogP contribution in [0.3, 0.4) is 0 Å². The Kier molecular flexibility index (Phi) is 3.87. The Bertz CT molecular complexity index is 1170. The number of aromatic amines is 1. The average molecular weight is 419 g/mol. The van der Waals surface area contributed by atoms with Crippen molar-refractivity contribution in [1.82, 2.24) is 30.0 Å². The van der Waals surface area contributed by atoms with Crippen LogP contribution in [0.4, 0.5) is 4.79 Å². The van der Waals surface area contributed by atoms with Gasteiger partial charge in [0.15, 0.2) is 0 Å². The van der Waals surface area contributed by atoms with Crippen molar-refractivity contribution in [2.45, 2.75) is 69.9 Å². The molecule has 1 spiro atoms. The summed E-state index contributed by atoms with van der Waals surface area (Å²) in [6, 6.07) is 4.51. The minimum atomic E-state index is -0.216. The molecule has 2 aliphatic heterocycles. The van der Waals surface area contributed by atoms with Crippen LogP contribution in [0.5, 0.6) is 0 Å². The summed E-state index contributed by atoms with van der Waals surface area (Å²) < 4.78 is 2.14. The molecule has 1 aliphatic carbocycles. The number of pyridine rings is 1. The van der Waals surface area contributed by atoms with Crippen molar-refractivity contribution in [3.05, 3.63) is 35.8 Å². The lowest BCUT2D eigenvalue weighted by Gasteiger charge is -2.48. The third kappa shape index (κ3) is 2.97. The first-order valence-corrected chi connectivity index (χ1v) is 11.4. The number of H-pyrrole nitrogens is 1. The highest BCUT2D eigenvalue weighted by Crippen LogP contribution is 2.44. The van der Waals surface area contributed by atoms with Crippen LogP contribution in [-0.2, 0) is 12.0 Å². The van der Waals surface area contributed by atoms with E-state index >= 15 is 0 Å². The number of hydrogen-bond acceptors (Lipinski definition) is 3. The number of rotatable bonds is 2. The number of hydrogen-bond donors (Lipinski definition) is 2. The fraction of sp³-hybridized carbons (Fsp3) is 0.542. The Hall–Kier alpha value is -2.83. The number of nitrogens with one attached hydrogen (secondary N) is 2. The number of carbonyl (C=O) groups excluding carboxylic acids is 1. The number of fused-ring (bicyclic) bond motifs is 3. The summed E-state index contributed by atoms with van der Waals surface area (Å²) in [5.41, 5.74) is 5.52. The van der Waals surface area contributed by atoms with Crippen molar-refractivity contribution in [3.63, 3.8) is 0 Å². The van der Waals surface area contributed by atoms with Crippen LogP contribution in [-0.4, -0.2) is 49.3 Å². The summed E-state index contributed by atoms with van der Waals surface area (Å²) in [5, 5.41) is 9.22. The highest BCUT2D eigenvalue weighted by atomic mass is 16.2. The second-order valence-electron chi connectivity index (χ2n) is 10.7. The van der Waals surface area contributed by atoms with Crippen molar-refractivity contribution in [1.29, 1.82) is 0 Å². The van der Waals surface area contributed by atoms with Crippen molar-refractivity contribution in [2.24, 2.45) is 0 Å². The maximum Gasteiger partial charge on any atom is 0.317 e. The number of aryl methyl sites for hydroxylation is 1. The van der Waals surface area contributed by atoms with Crippen LogP contribution < -0.4 is 5.32 Å². The van der Waals surface area contributed by atoms with Gasteiger partial charge >= 0.3 is 6.03 Å².